The van der Waals surface area contributed by atoms with Gasteiger partial charge in [-0.15, -0.1) is 10.2 Å². The molecule has 0 amide bonds. The molecule has 0 saturated carbocycles. The lowest BCUT2D eigenvalue weighted by molar-refractivity contribution is -0.136. The van der Waals surface area contributed by atoms with Crippen molar-refractivity contribution < 1.29 is 9.90 Å². The van der Waals surface area contributed by atoms with E-state index in [0.717, 1.165) is 11.1 Å². The zero-order valence-corrected chi connectivity index (χ0v) is 13.9. The Labute approximate surface area is 143 Å². The quantitative estimate of drug-likeness (QED) is 0.701. The molecule has 0 aliphatic rings. The molecular weight excluding hydrogens is 328 g/mol. The third kappa shape index (κ3) is 3.14. The number of imidazole rings is 1. The predicted octanol–water partition coefficient (Wildman–Crippen LogP) is 4.65. The van der Waals surface area contributed by atoms with E-state index in [-0.39, 0.29) is 6.42 Å². The molecule has 0 unspecified atom stereocenters. The summed E-state index contributed by atoms with van der Waals surface area (Å²) >= 11 is 6.25. The maximum absolute atomic E-state index is 11.1. The first-order chi connectivity index (χ1) is 11.5. The molecule has 0 bridgehead atoms. The van der Waals surface area contributed by atoms with Crippen LogP contribution in [0.2, 0.25) is 5.02 Å². The van der Waals surface area contributed by atoms with Crippen LogP contribution in [0.5, 0.6) is 0 Å². The molecule has 3 aromatic rings. The standard InChI is InChI=1S/C17H15ClN4O2/c1-10-7-11(2)16(12(18)8-10)20-21-17-13(9-15(23)24)19-14-5-3-4-6-22(14)17/h3-8H,9H2,1-2H3,(H,23,24). The van der Waals surface area contributed by atoms with E-state index in [1.54, 1.807) is 16.7 Å². The maximum Gasteiger partial charge on any atom is 0.309 e. The fourth-order valence-electron chi connectivity index (χ4n) is 2.53. The number of aromatic nitrogens is 2. The monoisotopic (exact) mass is 342 g/mol. The van der Waals surface area contributed by atoms with Gasteiger partial charge in [-0.3, -0.25) is 9.20 Å². The molecule has 0 fully saturated rings. The molecule has 6 nitrogen and oxygen atoms in total. The number of azo groups is 1. The Morgan fingerprint density at radius 3 is 2.79 bits per heavy atom. The molecule has 2 aromatic heterocycles. The summed E-state index contributed by atoms with van der Waals surface area (Å²) in [5, 5.41) is 18.1. The van der Waals surface area contributed by atoms with E-state index in [4.69, 9.17) is 16.7 Å². The van der Waals surface area contributed by atoms with Crippen LogP contribution in [0.25, 0.3) is 5.65 Å². The van der Waals surface area contributed by atoms with E-state index in [1.165, 1.54) is 0 Å². The second kappa shape index (κ2) is 6.41. The minimum Gasteiger partial charge on any atom is -0.481 e. The van der Waals surface area contributed by atoms with Crippen molar-refractivity contribution in [3.63, 3.8) is 0 Å². The molecule has 0 atom stereocenters. The summed E-state index contributed by atoms with van der Waals surface area (Å²) in [5.41, 5.74) is 3.48. The van der Waals surface area contributed by atoms with Crippen molar-refractivity contribution in [3.05, 3.63) is 58.4 Å². The van der Waals surface area contributed by atoms with Gasteiger partial charge >= 0.3 is 5.97 Å². The summed E-state index contributed by atoms with van der Waals surface area (Å²) < 4.78 is 1.71. The van der Waals surface area contributed by atoms with Gasteiger partial charge in [0.15, 0.2) is 5.82 Å². The third-order valence-corrected chi connectivity index (χ3v) is 3.82. The van der Waals surface area contributed by atoms with Crippen molar-refractivity contribution >= 4 is 34.7 Å². The lowest BCUT2D eigenvalue weighted by Crippen LogP contribution is -2.00. The molecule has 7 heteroatoms. The Kier molecular flexibility index (Phi) is 4.31. The summed E-state index contributed by atoms with van der Waals surface area (Å²) in [4.78, 5) is 15.4. The number of hydrogen-bond acceptors (Lipinski definition) is 4. The molecular formula is C17H15ClN4O2. The van der Waals surface area contributed by atoms with Gasteiger partial charge in [0, 0.05) is 6.20 Å². The minimum atomic E-state index is -0.973. The fourth-order valence-corrected chi connectivity index (χ4v) is 2.89. The molecule has 3 rings (SSSR count). The Bertz CT molecular complexity index is 939. The minimum absolute atomic E-state index is 0.226. The van der Waals surface area contributed by atoms with Crippen LogP contribution in [-0.4, -0.2) is 20.5 Å². The highest BCUT2D eigenvalue weighted by molar-refractivity contribution is 6.33. The largest absolute Gasteiger partial charge is 0.481 e. The number of rotatable bonds is 4. The van der Waals surface area contributed by atoms with Crippen LogP contribution in [0.15, 0.2) is 46.8 Å². The zero-order chi connectivity index (χ0) is 17.3. The summed E-state index contributed by atoms with van der Waals surface area (Å²) in [7, 11) is 0. The van der Waals surface area contributed by atoms with Gasteiger partial charge in [0.1, 0.15) is 11.3 Å². The fraction of sp³-hybridized carbons (Fsp3) is 0.176. The van der Waals surface area contributed by atoms with E-state index >= 15 is 0 Å². The first-order valence-corrected chi connectivity index (χ1v) is 7.69. The van der Waals surface area contributed by atoms with E-state index < -0.39 is 5.97 Å². The summed E-state index contributed by atoms with van der Waals surface area (Å²) in [5.74, 6) is -0.580. The molecule has 24 heavy (non-hydrogen) atoms. The van der Waals surface area contributed by atoms with Crippen LogP contribution in [0.3, 0.4) is 0 Å². The SMILES string of the molecule is Cc1cc(C)c(N=Nc2c(CC(=O)O)nc3ccccn23)c(Cl)c1. The second-order valence-corrected chi connectivity index (χ2v) is 5.90. The highest BCUT2D eigenvalue weighted by atomic mass is 35.5. The summed E-state index contributed by atoms with van der Waals surface area (Å²) in [6, 6.07) is 9.22. The van der Waals surface area contributed by atoms with Crippen molar-refractivity contribution in [1.29, 1.82) is 0 Å². The first kappa shape index (κ1) is 16.1. The molecule has 1 N–H and O–H groups in total. The van der Waals surface area contributed by atoms with E-state index in [1.807, 2.05) is 38.1 Å². The number of fused-ring (bicyclic) bond motifs is 1. The number of halogens is 1. The Hall–Kier alpha value is -2.73. The number of carboxylic acid groups (broad SMARTS) is 1. The maximum atomic E-state index is 11.1. The number of hydrogen-bond donors (Lipinski definition) is 1. The van der Waals surface area contributed by atoms with Crippen LogP contribution in [0.4, 0.5) is 11.5 Å². The van der Waals surface area contributed by atoms with Gasteiger partial charge < -0.3 is 5.11 Å². The van der Waals surface area contributed by atoms with Crippen LogP contribution in [0, 0.1) is 13.8 Å². The van der Waals surface area contributed by atoms with Crippen molar-refractivity contribution in [2.75, 3.05) is 0 Å². The molecule has 122 valence electrons. The number of aryl methyl sites for hydroxylation is 2. The van der Waals surface area contributed by atoms with Crippen LogP contribution in [-0.2, 0) is 11.2 Å². The highest BCUT2D eigenvalue weighted by Crippen LogP contribution is 2.32. The van der Waals surface area contributed by atoms with Crippen LogP contribution in [0.1, 0.15) is 16.8 Å². The smallest absolute Gasteiger partial charge is 0.309 e. The van der Waals surface area contributed by atoms with Gasteiger partial charge in [-0.25, -0.2) is 4.98 Å². The number of pyridine rings is 1. The zero-order valence-electron chi connectivity index (χ0n) is 13.2. The predicted molar refractivity (Wildman–Crippen MR) is 91.6 cm³/mol. The molecule has 0 aliphatic carbocycles. The topological polar surface area (TPSA) is 79.3 Å². The van der Waals surface area contributed by atoms with Crippen molar-refractivity contribution in [1.82, 2.24) is 9.38 Å². The van der Waals surface area contributed by atoms with Crippen molar-refractivity contribution in [2.24, 2.45) is 10.2 Å². The molecule has 1 aromatic carbocycles. The Morgan fingerprint density at radius 1 is 1.29 bits per heavy atom. The first-order valence-electron chi connectivity index (χ1n) is 7.32. The molecule has 0 spiro atoms. The van der Waals surface area contributed by atoms with Crippen molar-refractivity contribution in [2.45, 2.75) is 20.3 Å². The Morgan fingerprint density at radius 2 is 2.08 bits per heavy atom. The van der Waals surface area contributed by atoms with Gasteiger partial charge in [-0.1, -0.05) is 23.7 Å². The Balaban J connectivity index is 2.11. The number of nitrogens with zero attached hydrogens (tertiary/aromatic N) is 4. The van der Waals surface area contributed by atoms with E-state index in [0.29, 0.717) is 27.9 Å². The number of benzene rings is 1. The van der Waals surface area contributed by atoms with Gasteiger partial charge in [-0.05, 0) is 43.2 Å². The average molecular weight is 343 g/mol. The highest BCUT2D eigenvalue weighted by Gasteiger charge is 2.15. The van der Waals surface area contributed by atoms with Crippen LogP contribution < -0.4 is 0 Å². The van der Waals surface area contributed by atoms with Gasteiger partial charge in [0.2, 0.25) is 0 Å². The van der Waals surface area contributed by atoms with Gasteiger partial charge in [-0.2, -0.15) is 0 Å². The van der Waals surface area contributed by atoms with Crippen LogP contribution >= 0.6 is 11.6 Å². The van der Waals surface area contributed by atoms with Gasteiger partial charge in [0.05, 0.1) is 17.1 Å². The van der Waals surface area contributed by atoms with Crippen molar-refractivity contribution in [3.8, 4) is 0 Å². The number of carbonyl (C=O) groups is 1. The average Bonchev–Trinajstić information content (AvgIpc) is 2.83. The summed E-state index contributed by atoms with van der Waals surface area (Å²) in [6.45, 7) is 3.86. The van der Waals surface area contributed by atoms with E-state index in [2.05, 4.69) is 15.2 Å². The second-order valence-electron chi connectivity index (χ2n) is 5.49. The normalized spacial score (nSPS) is 11.5. The lowest BCUT2D eigenvalue weighted by atomic mass is 10.1. The third-order valence-electron chi connectivity index (χ3n) is 3.54. The number of aliphatic carboxylic acids is 1. The molecule has 0 aliphatic heterocycles. The van der Waals surface area contributed by atoms with E-state index in [9.17, 15) is 4.79 Å². The molecule has 2 heterocycles. The molecule has 0 radical (unpaired) electrons. The summed E-state index contributed by atoms with van der Waals surface area (Å²) in [6.07, 6.45) is 1.54. The number of carboxylic acids is 1. The van der Waals surface area contributed by atoms with Gasteiger partial charge in [0.25, 0.3) is 0 Å². The lowest BCUT2D eigenvalue weighted by Gasteiger charge is -2.04. The molecule has 0 saturated heterocycles.